The third-order valence-electron chi connectivity index (χ3n) is 4.17. The normalized spacial score (nSPS) is 11.0. The molecule has 0 unspecified atom stereocenters. The maximum Gasteiger partial charge on any atom is 0.339 e. The molecule has 3 rings (SSSR count). The summed E-state index contributed by atoms with van der Waals surface area (Å²) in [7, 11) is 1.48. The highest BCUT2D eigenvalue weighted by molar-refractivity contribution is 6.02. The molecule has 0 N–H and O–H groups in total. The van der Waals surface area contributed by atoms with Gasteiger partial charge in [-0.25, -0.2) is 19.0 Å². The van der Waals surface area contributed by atoms with Crippen molar-refractivity contribution in [3.8, 4) is 0 Å². The van der Waals surface area contributed by atoms with E-state index in [4.69, 9.17) is 4.74 Å². The molecule has 0 radical (unpaired) electrons. The minimum atomic E-state index is -0.655. The summed E-state index contributed by atoms with van der Waals surface area (Å²) in [6.07, 6.45) is 0. The molecule has 3 aromatic rings. The van der Waals surface area contributed by atoms with Crippen LogP contribution < -0.4 is 11.2 Å². The first-order valence-corrected chi connectivity index (χ1v) is 8.36. The highest BCUT2D eigenvalue weighted by Gasteiger charge is 2.21. The summed E-state index contributed by atoms with van der Waals surface area (Å²) >= 11 is 0. The predicted molar refractivity (Wildman–Crippen MR) is 97.4 cm³/mol. The Labute approximate surface area is 153 Å². The van der Waals surface area contributed by atoms with Gasteiger partial charge in [0.1, 0.15) is 11.5 Å². The standard InChI is InChI=1S/C19H18FN3O4/c1-4-27-18(25)14-9-11(2)21-16-15(14)17(24)23(19(26)22(16)3)10-12-5-7-13(20)8-6-12/h5-9H,4,10H2,1-3H3. The molecular formula is C19H18FN3O4. The van der Waals surface area contributed by atoms with Crippen molar-refractivity contribution in [2.24, 2.45) is 7.05 Å². The van der Waals surface area contributed by atoms with Gasteiger partial charge in [-0.05, 0) is 37.6 Å². The third-order valence-corrected chi connectivity index (χ3v) is 4.17. The van der Waals surface area contributed by atoms with E-state index in [0.717, 1.165) is 4.57 Å². The Morgan fingerprint density at radius 2 is 1.89 bits per heavy atom. The molecule has 0 amide bonds. The number of aryl methyl sites for hydroxylation is 2. The molecule has 0 spiro atoms. The first kappa shape index (κ1) is 18.5. The van der Waals surface area contributed by atoms with Crippen LogP contribution in [0.1, 0.15) is 28.5 Å². The van der Waals surface area contributed by atoms with Gasteiger partial charge in [0.2, 0.25) is 0 Å². The zero-order valence-corrected chi connectivity index (χ0v) is 15.2. The van der Waals surface area contributed by atoms with Gasteiger partial charge in [-0.2, -0.15) is 0 Å². The second-order valence-electron chi connectivity index (χ2n) is 6.09. The second-order valence-corrected chi connectivity index (χ2v) is 6.09. The Balaban J connectivity index is 2.30. The van der Waals surface area contributed by atoms with Crippen LogP contribution in [0.5, 0.6) is 0 Å². The van der Waals surface area contributed by atoms with E-state index >= 15 is 0 Å². The number of benzene rings is 1. The number of halogens is 1. The third kappa shape index (κ3) is 3.38. The molecule has 140 valence electrons. The largest absolute Gasteiger partial charge is 0.462 e. The number of ether oxygens (including phenoxy) is 1. The van der Waals surface area contributed by atoms with Crippen molar-refractivity contribution in [2.45, 2.75) is 20.4 Å². The Hall–Kier alpha value is -3.29. The Bertz CT molecular complexity index is 1150. The molecule has 0 aliphatic carbocycles. The van der Waals surface area contributed by atoms with E-state index in [1.807, 2.05) is 0 Å². The van der Waals surface area contributed by atoms with Crippen molar-refractivity contribution >= 4 is 17.0 Å². The van der Waals surface area contributed by atoms with Crippen LogP contribution in [0, 0.1) is 12.7 Å². The molecular weight excluding hydrogens is 353 g/mol. The van der Waals surface area contributed by atoms with Gasteiger partial charge in [0.05, 0.1) is 24.1 Å². The Kier molecular flexibility index (Phi) is 4.89. The SMILES string of the molecule is CCOC(=O)c1cc(C)nc2c1c(=O)n(Cc1ccc(F)cc1)c(=O)n2C. The fourth-order valence-electron chi connectivity index (χ4n) is 2.89. The molecule has 0 bridgehead atoms. The summed E-state index contributed by atoms with van der Waals surface area (Å²) in [6, 6.07) is 6.95. The first-order valence-electron chi connectivity index (χ1n) is 8.36. The fraction of sp³-hybridized carbons (Fsp3) is 0.263. The summed E-state index contributed by atoms with van der Waals surface area (Å²) in [5, 5.41) is 0.0169. The molecule has 2 aromatic heterocycles. The molecule has 0 aliphatic rings. The number of carbonyl (C=O) groups is 1. The van der Waals surface area contributed by atoms with Gasteiger partial charge in [-0.3, -0.25) is 13.9 Å². The zero-order valence-electron chi connectivity index (χ0n) is 15.2. The highest BCUT2D eigenvalue weighted by Crippen LogP contribution is 2.15. The van der Waals surface area contributed by atoms with Gasteiger partial charge >= 0.3 is 11.7 Å². The Morgan fingerprint density at radius 1 is 1.22 bits per heavy atom. The van der Waals surface area contributed by atoms with E-state index in [9.17, 15) is 18.8 Å². The lowest BCUT2D eigenvalue weighted by atomic mass is 10.1. The Morgan fingerprint density at radius 3 is 2.52 bits per heavy atom. The summed E-state index contributed by atoms with van der Waals surface area (Å²) in [6.45, 7) is 3.42. The molecule has 0 aliphatic heterocycles. The lowest BCUT2D eigenvalue weighted by Gasteiger charge is -2.13. The monoisotopic (exact) mass is 371 g/mol. The van der Waals surface area contributed by atoms with Crippen LogP contribution in [0.2, 0.25) is 0 Å². The van der Waals surface area contributed by atoms with Crippen LogP contribution in [0.15, 0.2) is 39.9 Å². The quantitative estimate of drug-likeness (QED) is 0.653. The maximum absolute atomic E-state index is 13.1. The molecule has 2 heterocycles. The number of esters is 1. The minimum Gasteiger partial charge on any atom is -0.462 e. The number of nitrogens with zero attached hydrogens (tertiary/aromatic N) is 3. The molecule has 27 heavy (non-hydrogen) atoms. The average molecular weight is 371 g/mol. The molecule has 0 atom stereocenters. The zero-order chi connectivity index (χ0) is 19.7. The number of hydrogen-bond donors (Lipinski definition) is 0. The molecule has 0 saturated carbocycles. The lowest BCUT2D eigenvalue weighted by Crippen LogP contribution is -2.40. The van der Waals surface area contributed by atoms with Crippen molar-refractivity contribution in [2.75, 3.05) is 6.61 Å². The van der Waals surface area contributed by atoms with Gasteiger partial charge in [0, 0.05) is 12.7 Å². The molecule has 1 aromatic carbocycles. The minimum absolute atomic E-state index is 0.0169. The van der Waals surface area contributed by atoms with E-state index in [2.05, 4.69) is 4.98 Å². The first-order chi connectivity index (χ1) is 12.8. The van der Waals surface area contributed by atoms with Crippen LogP contribution in [-0.2, 0) is 18.3 Å². The van der Waals surface area contributed by atoms with Gasteiger partial charge in [-0.1, -0.05) is 12.1 Å². The predicted octanol–water partition coefficient (Wildman–Crippen LogP) is 1.77. The number of aromatic nitrogens is 3. The van der Waals surface area contributed by atoms with Crippen molar-refractivity contribution in [3.63, 3.8) is 0 Å². The van der Waals surface area contributed by atoms with Crippen molar-refractivity contribution < 1.29 is 13.9 Å². The van der Waals surface area contributed by atoms with E-state index in [1.165, 1.54) is 41.9 Å². The van der Waals surface area contributed by atoms with Crippen molar-refractivity contribution in [1.82, 2.24) is 14.1 Å². The molecule has 0 fully saturated rings. The summed E-state index contributed by atoms with van der Waals surface area (Å²) in [5.41, 5.74) is 0.0119. The number of rotatable bonds is 4. The summed E-state index contributed by atoms with van der Waals surface area (Å²) in [5.74, 6) is -1.07. The van der Waals surface area contributed by atoms with E-state index < -0.39 is 23.0 Å². The van der Waals surface area contributed by atoms with Gasteiger partial charge in [0.25, 0.3) is 5.56 Å². The van der Waals surface area contributed by atoms with Crippen LogP contribution in [0.25, 0.3) is 11.0 Å². The van der Waals surface area contributed by atoms with Gasteiger partial charge < -0.3 is 4.74 Å². The van der Waals surface area contributed by atoms with Crippen LogP contribution >= 0.6 is 0 Å². The van der Waals surface area contributed by atoms with Crippen molar-refractivity contribution in [3.05, 3.63) is 73.8 Å². The topological polar surface area (TPSA) is 83.2 Å². The van der Waals surface area contributed by atoms with Crippen LogP contribution in [0.4, 0.5) is 4.39 Å². The van der Waals surface area contributed by atoms with E-state index in [1.54, 1.807) is 13.8 Å². The fourth-order valence-corrected chi connectivity index (χ4v) is 2.89. The van der Waals surface area contributed by atoms with Crippen molar-refractivity contribution in [1.29, 1.82) is 0 Å². The number of fused-ring (bicyclic) bond motifs is 1. The molecule has 8 heteroatoms. The summed E-state index contributed by atoms with van der Waals surface area (Å²) in [4.78, 5) is 42.3. The summed E-state index contributed by atoms with van der Waals surface area (Å²) < 4.78 is 20.4. The number of pyridine rings is 1. The lowest BCUT2D eigenvalue weighted by molar-refractivity contribution is 0.0528. The highest BCUT2D eigenvalue weighted by atomic mass is 19.1. The molecule has 0 saturated heterocycles. The van der Waals surface area contributed by atoms with E-state index in [0.29, 0.717) is 11.3 Å². The van der Waals surface area contributed by atoms with Gasteiger partial charge in [0.15, 0.2) is 0 Å². The number of hydrogen-bond acceptors (Lipinski definition) is 5. The molecule has 7 nitrogen and oxygen atoms in total. The maximum atomic E-state index is 13.1. The van der Waals surface area contributed by atoms with Crippen LogP contribution in [-0.4, -0.2) is 26.7 Å². The smallest absolute Gasteiger partial charge is 0.339 e. The number of carbonyl (C=O) groups excluding carboxylic acids is 1. The van der Waals surface area contributed by atoms with Crippen LogP contribution in [0.3, 0.4) is 0 Å². The van der Waals surface area contributed by atoms with E-state index in [-0.39, 0.29) is 29.7 Å². The second kappa shape index (κ2) is 7.14. The average Bonchev–Trinajstić information content (AvgIpc) is 2.64. The van der Waals surface area contributed by atoms with Gasteiger partial charge in [-0.15, -0.1) is 0 Å².